The van der Waals surface area contributed by atoms with Crippen molar-refractivity contribution >= 4 is 5.91 Å². The Morgan fingerprint density at radius 2 is 1.77 bits per heavy atom. The average Bonchev–Trinajstić information content (AvgIpc) is 2.67. The molecule has 0 saturated carbocycles. The molecule has 1 heterocycles. The van der Waals surface area contributed by atoms with Gasteiger partial charge in [-0.3, -0.25) is 9.59 Å². The maximum Gasteiger partial charge on any atom is 0.422 e. The molecule has 1 amide bonds. The quantitative estimate of drug-likeness (QED) is 0.617. The fraction of sp³-hybridized carbons (Fsp3) is 0.150. The smallest absolute Gasteiger partial charge is 0.422 e. The maximum atomic E-state index is 14.4. The van der Waals surface area contributed by atoms with E-state index in [0.717, 1.165) is 41.1 Å². The fourth-order valence-electron chi connectivity index (χ4n) is 2.81. The number of alkyl halides is 3. The van der Waals surface area contributed by atoms with E-state index >= 15 is 0 Å². The molecule has 31 heavy (non-hydrogen) atoms. The van der Waals surface area contributed by atoms with E-state index in [1.807, 2.05) is 0 Å². The van der Waals surface area contributed by atoms with E-state index in [4.69, 9.17) is 10.5 Å². The second kappa shape index (κ2) is 8.17. The largest absolute Gasteiger partial charge is 0.483 e. The molecule has 1 aromatic heterocycles. The summed E-state index contributed by atoms with van der Waals surface area (Å²) in [5.74, 6) is -2.96. The van der Waals surface area contributed by atoms with Crippen LogP contribution in [0, 0.1) is 11.6 Å². The van der Waals surface area contributed by atoms with Gasteiger partial charge in [0.1, 0.15) is 28.8 Å². The number of benzene rings is 2. The van der Waals surface area contributed by atoms with Gasteiger partial charge in [0.25, 0.3) is 11.5 Å². The number of amides is 1. The minimum absolute atomic E-state index is 0.0694. The predicted octanol–water partition coefficient (Wildman–Crippen LogP) is 3.43. The van der Waals surface area contributed by atoms with Crippen molar-refractivity contribution < 1.29 is 31.5 Å². The van der Waals surface area contributed by atoms with Crippen molar-refractivity contribution in [2.45, 2.75) is 6.18 Å². The summed E-state index contributed by atoms with van der Waals surface area (Å²) >= 11 is 0. The zero-order valence-corrected chi connectivity index (χ0v) is 15.8. The van der Waals surface area contributed by atoms with E-state index < -0.39 is 35.9 Å². The van der Waals surface area contributed by atoms with Crippen LogP contribution in [0.4, 0.5) is 22.0 Å². The number of primary amides is 1. The highest BCUT2D eigenvalue weighted by atomic mass is 19.4. The monoisotopic (exact) mass is 439 g/mol. The molecule has 162 valence electrons. The highest BCUT2D eigenvalue weighted by molar-refractivity contribution is 5.91. The van der Waals surface area contributed by atoms with E-state index in [0.29, 0.717) is 0 Å². The molecule has 3 aromatic rings. The summed E-state index contributed by atoms with van der Waals surface area (Å²) in [6, 6.07) is 5.83. The van der Waals surface area contributed by atoms with Crippen molar-refractivity contribution in [2.24, 2.45) is 12.8 Å². The van der Waals surface area contributed by atoms with Crippen LogP contribution >= 0.6 is 0 Å². The van der Waals surface area contributed by atoms with E-state index in [2.05, 4.69) is 4.98 Å². The Kier molecular flexibility index (Phi) is 5.78. The number of ether oxygens (including phenoxy) is 1. The summed E-state index contributed by atoms with van der Waals surface area (Å²) in [6.45, 7) is -1.64. The summed E-state index contributed by atoms with van der Waals surface area (Å²) in [4.78, 5) is 27.8. The number of hydrogen-bond donors (Lipinski definition) is 1. The molecule has 11 heteroatoms. The van der Waals surface area contributed by atoms with Gasteiger partial charge in [-0.15, -0.1) is 0 Å². The third-order valence-corrected chi connectivity index (χ3v) is 4.14. The molecule has 0 atom stereocenters. The maximum absolute atomic E-state index is 14.4. The Labute approximate surface area is 171 Å². The molecule has 0 radical (unpaired) electrons. The van der Waals surface area contributed by atoms with Crippen LogP contribution in [0.1, 0.15) is 10.5 Å². The van der Waals surface area contributed by atoms with Crippen molar-refractivity contribution in [3.63, 3.8) is 0 Å². The van der Waals surface area contributed by atoms with E-state index in [1.165, 1.54) is 13.1 Å². The van der Waals surface area contributed by atoms with Crippen molar-refractivity contribution in [1.82, 2.24) is 9.55 Å². The summed E-state index contributed by atoms with van der Waals surface area (Å²) in [6.07, 6.45) is -3.55. The van der Waals surface area contributed by atoms with Gasteiger partial charge in [0, 0.05) is 24.4 Å². The van der Waals surface area contributed by atoms with Crippen LogP contribution in [0.15, 0.2) is 47.4 Å². The molecular weight excluding hydrogens is 425 g/mol. The Hall–Kier alpha value is -3.76. The van der Waals surface area contributed by atoms with Gasteiger partial charge in [-0.2, -0.15) is 13.2 Å². The Morgan fingerprint density at radius 3 is 2.42 bits per heavy atom. The van der Waals surface area contributed by atoms with E-state index in [-0.39, 0.29) is 33.8 Å². The lowest BCUT2D eigenvalue weighted by Crippen LogP contribution is -2.25. The molecule has 6 nitrogen and oxygen atoms in total. The molecule has 0 bridgehead atoms. The van der Waals surface area contributed by atoms with Crippen molar-refractivity contribution in [3.8, 4) is 28.1 Å². The van der Waals surface area contributed by atoms with Crippen LogP contribution in [-0.4, -0.2) is 28.2 Å². The Morgan fingerprint density at radius 1 is 1.10 bits per heavy atom. The first kappa shape index (κ1) is 21.9. The molecule has 0 spiro atoms. The van der Waals surface area contributed by atoms with E-state index in [1.54, 1.807) is 0 Å². The second-order valence-electron chi connectivity index (χ2n) is 6.53. The number of nitrogens with two attached hydrogens (primary N) is 1. The lowest BCUT2D eigenvalue weighted by Gasteiger charge is -2.14. The van der Waals surface area contributed by atoms with Crippen LogP contribution in [0.2, 0.25) is 0 Å². The minimum Gasteiger partial charge on any atom is -0.483 e. The number of nitrogens with zero attached hydrogens (tertiary/aromatic N) is 2. The third kappa shape index (κ3) is 5.05. The highest BCUT2D eigenvalue weighted by Crippen LogP contribution is 2.34. The third-order valence-electron chi connectivity index (χ3n) is 4.14. The highest BCUT2D eigenvalue weighted by Gasteiger charge is 2.29. The van der Waals surface area contributed by atoms with Crippen molar-refractivity contribution in [3.05, 3.63) is 70.3 Å². The first-order chi connectivity index (χ1) is 14.4. The number of aromatic nitrogens is 2. The standard InChI is InChI=1S/C20H14F5N3O3/c1-28-8-15(18(26)29)27-17(19(28)30)11-4-10(5-13(22)6-11)14-7-12(21)2-3-16(14)31-9-20(23,24)25/h2-8H,9H2,1H3,(H2,26,29). The van der Waals surface area contributed by atoms with E-state index in [9.17, 15) is 31.5 Å². The zero-order valence-electron chi connectivity index (χ0n) is 15.8. The molecule has 0 fully saturated rings. The lowest BCUT2D eigenvalue weighted by molar-refractivity contribution is -0.153. The zero-order chi connectivity index (χ0) is 22.9. The van der Waals surface area contributed by atoms with Gasteiger partial charge in [0.05, 0.1) is 0 Å². The Bertz CT molecular complexity index is 1220. The summed E-state index contributed by atoms with van der Waals surface area (Å²) < 4.78 is 71.6. The van der Waals surface area contributed by atoms with Crippen molar-refractivity contribution in [2.75, 3.05) is 6.61 Å². The summed E-state index contributed by atoms with van der Waals surface area (Å²) in [5.41, 5.74) is 3.59. The first-order valence-corrected chi connectivity index (χ1v) is 8.62. The number of carbonyl (C=O) groups excluding carboxylic acids is 1. The molecule has 0 aliphatic heterocycles. The molecule has 0 aliphatic carbocycles. The minimum atomic E-state index is -4.65. The second-order valence-corrected chi connectivity index (χ2v) is 6.53. The van der Waals surface area contributed by atoms with Gasteiger partial charge in [0.15, 0.2) is 6.61 Å². The molecule has 0 unspecified atom stereocenters. The molecule has 3 rings (SSSR count). The van der Waals surface area contributed by atoms with Crippen LogP contribution in [-0.2, 0) is 7.05 Å². The van der Waals surface area contributed by atoms with Gasteiger partial charge in [0.2, 0.25) is 0 Å². The molecule has 0 saturated heterocycles. The number of rotatable bonds is 5. The lowest BCUT2D eigenvalue weighted by atomic mass is 10.00. The molecular formula is C20H14F5N3O3. The molecule has 0 aliphatic rings. The normalized spacial score (nSPS) is 11.4. The van der Waals surface area contributed by atoms with Gasteiger partial charge >= 0.3 is 6.18 Å². The van der Waals surface area contributed by atoms with Gasteiger partial charge in [-0.05, 0) is 42.0 Å². The van der Waals surface area contributed by atoms with Crippen LogP contribution < -0.4 is 16.0 Å². The molecule has 2 N–H and O–H groups in total. The topological polar surface area (TPSA) is 87.2 Å². The van der Waals surface area contributed by atoms with Gasteiger partial charge in [-0.25, -0.2) is 13.8 Å². The van der Waals surface area contributed by atoms with Gasteiger partial charge in [-0.1, -0.05) is 0 Å². The SMILES string of the molecule is Cn1cc(C(N)=O)nc(-c2cc(F)cc(-c3cc(F)ccc3OCC(F)(F)F)c2)c1=O. The summed E-state index contributed by atoms with van der Waals surface area (Å²) in [5, 5.41) is 0. The first-order valence-electron chi connectivity index (χ1n) is 8.62. The van der Waals surface area contributed by atoms with Crippen LogP contribution in [0.3, 0.4) is 0 Å². The van der Waals surface area contributed by atoms with Crippen molar-refractivity contribution in [1.29, 1.82) is 0 Å². The van der Waals surface area contributed by atoms with Gasteiger partial charge < -0.3 is 15.0 Å². The number of hydrogen-bond acceptors (Lipinski definition) is 4. The predicted molar refractivity (Wildman–Crippen MR) is 100 cm³/mol. The average molecular weight is 439 g/mol. The number of carbonyl (C=O) groups is 1. The fourth-order valence-corrected chi connectivity index (χ4v) is 2.81. The van der Waals surface area contributed by atoms with Crippen LogP contribution in [0.5, 0.6) is 5.75 Å². The summed E-state index contributed by atoms with van der Waals surface area (Å²) in [7, 11) is 1.33. The number of aryl methyl sites for hydroxylation is 1. The number of halogens is 5. The van der Waals surface area contributed by atoms with Crippen LogP contribution in [0.25, 0.3) is 22.4 Å². The Balaban J connectivity index is 2.17. The molecule has 2 aromatic carbocycles.